The number of hydrogen-bond donors (Lipinski definition) is 1. The van der Waals surface area contributed by atoms with Crippen LogP contribution in [0.25, 0.3) is 0 Å². The van der Waals surface area contributed by atoms with Crippen LogP contribution in [0.15, 0.2) is 176 Å². The molecule has 0 spiro atoms. The molecule has 0 aromatic heterocycles. The molecule has 6 aromatic carbocycles. The van der Waals surface area contributed by atoms with Crippen molar-refractivity contribution in [2.45, 2.75) is 48.1 Å². The van der Waals surface area contributed by atoms with Crippen LogP contribution in [0.2, 0.25) is 0 Å². The van der Waals surface area contributed by atoms with Crippen molar-refractivity contribution in [3.05, 3.63) is 215 Å². The van der Waals surface area contributed by atoms with E-state index in [1.54, 1.807) is 0 Å². The van der Waals surface area contributed by atoms with Gasteiger partial charge in [-0.3, -0.25) is 0 Å². The van der Waals surface area contributed by atoms with E-state index in [0.717, 1.165) is 5.56 Å². The average molecular weight is 583 g/mol. The first kappa shape index (κ1) is 37.3. The van der Waals surface area contributed by atoms with Crippen LogP contribution >= 0.6 is 0 Å². The summed E-state index contributed by atoms with van der Waals surface area (Å²) in [5, 5.41) is 8.63. The largest absolute Gasteiger partial charge is 0.392 e. The lowest BCUT2D eigenvalue weighted by atomic mass is 10.2. The van der Waals surface area contributed by atoms with Crippen molar-refractivity contribution < 1.29 is 5.11 Å². The molecule has 1 nitrogen and oxygen atoms in total. The van der Waals surface area contributed by atoms with Crippen molar-refractivity contribution in [2.75, 3.05) is 0 Å². The zero-order valence-corrected chi connectivity index (χ0v) is 27.4. The quantitative estimate of drug-likeness (QED) is 0.204. The highest BCUT2D eigenvalue weighted by molar-refractivity contribution is 5.20. The summed E-state index contributed by atoms with van der Waals surface area (Å²) in [6.45, 7) is 12.6. The Labute approximate surface area is 267 Å². The minimum atomic E-state index is 0.139. The van der Waals surface area contributed by atoms with Crippen LogP contribution in [0.1, 0.15) is 38.9 Å². The van der Waals surface area contributed by atoms with E-state index in [0.29, 0.717) is 0 Å². The molecule has 1 heteroatoms. The molecule has 6 aromatic rings. The molecule has 0 aliphatic rings. The zero-order chi connectivity index (χ0) is 32.3. The maximum atomic E-state index is 8.63. The van der Waals surface area contributed by atoms with Crippen molar-refractivity contribution in [1.29, 1.82) is 0 Å². The molecule has 0 aliphatic heterocycles. The SMILES string of the molecule is Cc1ccc(CO)cc1.Cc1ccccc1.Cc1ccccc1.Cc1ccccc1.Cc1ccccc1.Cc1ccccc1. The molecule has 0 aliphatic carbocycles. The van der Waals surface area contributed by atoms with Gasteiger partial charge >= 0.3 is 0 Å². The molecular formula is C43H50O. The first-order valence-electron chi connectivity index (χ1n) is 15.0. The fourth-order valence-electron chi connectivity index (χ4n) is 3.37. The second-order valence-corrected chi connectivity index (χ2v) is 10.4. The Kier molecular flexibility index (Phi) is 21.1. The van der Waals surface area contributed by atoms with Gasteiger partial charge in [0.15, 0.2) is 0 Å². The highest BCUT2D eigenvalue weighted by Crippen LogP contribution is 2.01. The lowest BCUT2D eigenvalue weighted by Gasteiger charge is -1.93. The Morgan fingerprint density at radius 1 is 0.273 bits per heavy atom. The van der Waals surface area contributed by atoms with E-state index >= 15 is 0 Å². The molecule has 0 unspecified atom stereocenters. The van der Waals surface area contributed by atoms with Gasteiger partial charge in [-0.25, -0.2) is 0 Å². The number of rotatable bonds is 1. The van der Waals surface area contributed by atoms with Gasteiger partial charge in [-0.1, -0.05) is 209 Å². The monoisotopic (exact) mass is 582 g/mol. The van der Waals surface area contributed by atoms with E-state index in [1.807, 2.05) is 122 Å². The third kappa shape index (κ3) is 22.0. The van der Waals surface area contributed by atoms with Crippen LogP contribution in [0.4, 0.5) is 0 Å². The highest BCUT2D eigenvalue weighted by atomic mass is 16.3. The van der Waals surface area contributed by atoms with Gasteiger partial charge in [-0.15, -0.1) is 0 Å². The third-order valence-corrected chi connectivity index (χ3v) is 6.01. The van der Waals surface area contributed by atoms with Gasteiger partial charge in [0, 0.05) is 0 Å². The fraction of sp³-hybridized carbons (Fsp3) is 0.163. The van der Waals surface area contributed by atoms with Crippen LogP contribution in [0.3, 0.4) is 0 Å². The Bertz CT molecular complexity index is 1210. The molecule has 0 heterocycles. The lowest BCUT2D eigenvalue weighted by molar-refractivity contribution is 0.282. The van der Waals surface area contributed by atoms with Gasteiger partial charge in [0.25, 0.3) is 0 Å². The topological polar surface area (TPSA) is 20.2 Å². The first-order valence-corrected chi connectivity index (χ1v) is 15.0. The van der Waals surface area contributed by atoms with Gasteiger partial charge in [-0.05, 0) is 47.1 Å². The summed E-state index contributed by atoms with van der Waals surface area (Å²) in [5.41, 5.74) is 8.81. The third-order valence-electron chi connectivity index (χ3n) is 6.01. The summed E-state index contributed by atoms with van der Waals surface area (Å²) < 4.78 is 0. The molecule has 0 saturated carbocycles. The van der Waals surface area contributed by atoms with Crippen molar-refractivity contribution >= 4 is 0 Å². The summed E-state index contributed by atoms with van der Waals surface area (Å²) in [4.78, 5) is 0. The first-order chi connectivity index (χ1) is 21.3. The standard InChI is InChI=1S/C8H10O.5C7H8/c1-7-2-4-8(6-9)5-3-7;5*1-7-5-3-2-4-6-7/h2-5,9H,6H2,1H3;5*2-6H,1H3. The Morgan fingerprint density at radius 2 is 0.455 bits per heavy atom. The molecule has 228 valence electrons. The zero-order valence-electron chi connectivity index (χ0n) is 27.4. The molecule has 0 amide bonds. The molecule has 0 radical (unpaired) electrons. The van der Waals surface area contributed by atoms with Crippen LogP contribution in [-0.4, -0.2) is 5.11 Å². The Hall–Kier alpha value is -4.72. The van der Waals surface area contributed by atoms with Gasteiger partial charge in [-0.2, -0.15) is 0 Å². The number of aliphatic hydroxyl groups excluding tert-OH is 1. The summed E-state index contributed by atoms with van der Waals surface area (Å²) in [6.07, 6.45) is 0. The van der Waals surface area contributed by atoms with Crippen molar-refractivity contribution in [2.24, 2.45) is 0 Å². The summed E-state index contributed by atoms with van der Waals surface area (Å²) in [6, 6.07) is 59.1. The van der Waals surface area contributed by atoms with E-state index in [-0.39, 0.29) is 6.61 Å². The van der Waals surface area contributed by atoms with Gasteiger partial charge in [0.2, 0.25) is 0 Å². The molecule has 0 fully saturated rings. The highest BCUT2D eigenvalue weighted by Gasteiger charge is 1.86. The Morgan fingerprint density at radius 3 is 0.591 bits per heavy atom. The second kappa shape index (κ2) is 24.8. The Balaban J connectivity index is 0.000000265. The minimum absolute atomic E-state index is 0.139. The number of aliphatic hydroxyl groups is 1. The average Bonchev–Trinajstić information content (AvgIpc) is 3.05. The van der Waals surface area contributed by atoms with Crippen molar-refractivity contribution in [3.63, 3.8) is 0 Å². The van der Waals surface area contributed by atoms with Crippen LogP contribution in [-0.2, 0) is 6.61 Å². The maximum Gasteiger partial charge on any atom is 0.0681 e. The predicted molar refractivity (Wildman–Crippen MR) is 193 cm³/mol. The molecule has 0 saturated heterocycles. The summed E-state index contributed by atoms with van der Waals surface area (Å²) >= 11 is 0. The van der Waals surface area contributed by atoms with Crippen LogP contribution in [0.5, 0.6) is 0 Å². The van der Waals surface area contributed by atoms with Gasteiger partial charge in [0.05, 0.1) is 6.61 Å². The van der Waals surface area contributed by atoms with E-state index in [4.69, 9.17) is 5.11 Å². The van der Waals surface area contributed by atoms with E-state index < -0.39 is 0 Å². The number of benzene rings is 6. The second-order valence-electron chi connectivity index (χ2n) is 10.4. The fourth-order valence-corrected chi connectivity index (χ4v) is 3.37. The minimum Gasteiger partial charge on any atom is -0.392 e. The van der Waals surface area contributed by atoms with Gasteiger partial charge < -0.3 is 5.11 Å². The number of hydrogen-bond acceptors (Lipinski definition) is 1. The predicted octanol–water partition coefficient (Wildman–Crippen LogP) is 11.5. The van der Waals surface area contributed by atoms with E-state index in [2.05, 4.69) is 95.3 Å². The molecule has 0 bridgehead atoms. The lowest BCUT2D eigenvalue weighted by Crippen LogP contribution is -1.80. The van der Waals surface area contributed by atoms with E-state index in [1.165, 1.54) is 33.4 Å². The smallest absolute Gasteiger partial charge is 0.0681 e. The van der Waals surface area contributed by atoms with Crippen molar-refractivity contribution in [1.82, 2.24) is 0 Å². The summed E-state index contributed by atoms with van der Waals surface area (Å²) in [5.74, 6) is 0. The van der Waals surface area contributed by atoms with E-state index in [9.17, 15) is 0 Å². The molecule has 0 atom stereocenters. The molecule has 6 rings (SSSR count). The van der Waals surface area contributed by atoms with Gasteiger partial charge in [0.1, 0.15) is 0 Å². The van der Waals surface area contributed by atoms with Crippen LogP contribution < -0.4 is 0 Å². The summed E-state index contributed by atoms with van der Waals surface area (Å²) in [7, 11) is 0. The molecule has 1 N–H and O–H groups in total. The molecular weight excluding hydrogens is 532 g/mol. The normalized spacial score (nSPS) is 8.89. The van der Waals surface area contributed by atoms with Crippen molar-refractivity contribution in [3.8, 4) is 0 Å². The maximum absolute atomic E-state index is 8.63. The molecule has 44 heavy (non-hydrogen) atoms. The number of aryl methyl sites for hydroxylation is 6. The van der Waals surface area contributed by atoms with Crippen LogP contribution in [0, 0.1) is 41.5 Å².